The Morgan fingerprint density at radius 2 is 1.16 bits per heavy atom. The third kappa shape index (κ3) is 6.10. The first kappa shape index (κ1) is 25.4. The summed E-state index contributed by atoms with van der Waals surface area (Å²) in [5.41, 5.74) is 14.5. The van der Waals surface area contributed by atoms with Crippen LogP contribution in [0.15, 0.2) is 84.0 Å². The van der Waals surface area contributed by atoms with E-state index in [2.05, 4.69) is 101 Å². The van der Waals surface area contributed by atoms with Crippen LogP contribution in [0, 0.1) is 20.8 Å². The second-order valence-corrected chi connectivity index (χ2v) is 8.98. The van der Waals surface area contributed by atoms with Crippen LogP contribution in [0.2, 0.25) is 0 Å². The summed E-state index contributed by atoms with van der Waals surface area (Å²) in [5.74, 6) is 0. The number of aryl methyl sites for hydroxylation is 3. The molecule has 2 aliphatic carbocycles. The summed E-state index contributed by atoms with van der Waals surface area (Å²) in [4.78, 5) is 0. The van der Waals surface area contributed by atoms with E-state index in [-0.39, 0.29) is 14.9 Å². The van der Waals surface area contributed by atoms with Crippen molar-refractivity contribution in [3.8, 4) is 0 Å². The van der Waals surface area contributed by atoms with Crippen LogP contribution in [0.5, 0.6) is 0 Å². The van der Waals surface area contributed by atoms with Crippen LogP contribution in [0.3, 0.4) is 0 Å². The van der Waals surface area contributed by atoms with E-state index in [4.69, 9.17) is 0 Å². The molecule has 32 heavy (non-hydrogen) atoms. The van der Waals surface area contributed by atoms with E-state index in [1.54, 1.807) is 16.7 Å². The second-order valence-electron chi connectivity index (χ2n) is 8.98. The maximum Gasteiger partial charge on any atom is -0.00167 e. The van der Waals surface area contributed by atoms with Crippen molar-refractivity contribution in [2.45, 2.75) is 68.2 Å². The summed E-state index contributed by atoms with van der Waals surface area (Å²) < 4.78 is 0. The first-order valence-electron chi connectivity index (χ1n) is 11.1. The third-order valence-corrected chi connectivity index (χ3v) is 6.19. The van der Waals surface area contributed by atoms with Crippen LogP contribution >= 0.6 is 0 Å². The zero-order chi connectivity index (χ0) is 21.1. The lowest BCUT2D eigenvalue weighted by Crippen LogP contribution is -1.92. The van der Waals surface area contributed by atoms with E-state index < -0.39 is 0 Å². The van der Waals surface area contributed by atoms with Crippen molar-refractivity contribution in [1.29, 1.82) is 0 Å². The lowest BCUT2D eigenvalue weighted by atomic mass is 9.93. The first-order valence-corrected chi connectivity index (χ1v) is 11.1. The van der Waals surface area contributed by atoms with Crippen LogP contribution in [-0.4, -0.2) is 0 Å². The molecule has 0 amide bonds. The lowest BCUT2D eigenvalue weighted by molar-refractivity contribution is 0.965. The van der Waals surface area contributed by atoms with Crippen molar-refractivity contribution < 1.29 is 0 Å². The first-order chi connectivity index (χ1) is 14.5. The maximum atomic E-state index is 2.40. The van der Waals surface area contributed by atoms with E-state index in [0.29, 0.717) is 0 Å². The predicted molar refractivity (Wildman–Crippen MR) is 143 cm³/mol. The Morgan fingerprint density at radius 3 is 1.72 bits per heavy atom. The highest BCUT2D eigenvalue weighted by atomic mass is 14.3. The van der Waals surface area contributed by atoms with Crippen LogP contribution in [0.25, 0.3) is 5.57 Å². The van der Waals surface area contributed by atoms with Crippen molar-refractivity contribution >= 4 is 5.57 Å². The fourth-order valence-corrected chi connectivity index (χ4v) is 4.42. The maximum absolute atomic E-state index is 2.40. The van der Waals surface area contributed by atoms with Gasteiger partial charge in [-0.3, -0.25) is 0 Å². The average Bonchev–Trinajstić information content (AvgIpc) is 3.08. The van der Waals surface area contributed by atoms with E-state index in [1.807, 2.05) is 0 Å². The zero-order valence-electron chi connectivity index (χ0n) is 18.8. The molecule has 0 aromatic heterocycles. The molecule has 0 heteroatoms. The molecule has 0 radical (unpaired) electrons. The van der Waals surface area contributed by atoms with Crippen molar-refractivity contribution in [3.63, 3.8) is 0 Å². The zero-order valence-corrected chi connectivity index (χ0v) is 18.8. The molecule has 0 saturated carbocycles. The molecule has 0 nitrogen and oxygen atoms in total. The molecule has 0 bridgehead atoms. The monoisotopic (exact) mass is 424 g/mol. The Balaban J connectivity index is 0.000000214. The molecule has 0 spiro atoms. The minimum atomic E-state index is 0. The van der Waals surface area contributed by atoms with Gasteiger partial charge >= 0.3 is 0 Å². The Hall–Kier alpha value is -2.86. The van der Waals surface area contributed by atoms with Gasteiger partial charge in [0.15, 0.2) is 0 Å². The molecular weight excluding hydrogens is 384 g/mol. The minimum absolute atomic E-state index is 0. The van der Waals surface area contributed by atoms with Crippen molar-refractivity contribution in [2.75, 3.05) is 0 Å². The summed E-state index contributed by atoms with van der Waals surface area (Å²) >= 11 is 0. The number of benzene rings is 3. The molecule has 0 fully saturated rings. The van der Waals surface area contributed by atoms with Crippen LogP contribution in [0.1, 0.15) is 73.6 Å². The number of allylic oxidation sites excluding steroid dienone is 4. The van der Waals surface area contributed by atoms with Crippen LogP contribution in [0.4, 0.5) is 0 Å². The van der Waals surface area contributed by atoms with Crippen molar-refractivity contribution in [2.24, 2.45) is 0 Å². The normalized spacial score (nSPS) is 13.6. The molecule has 0 unspecified atom stereocenters. The number of rotatable bonds is 2. The molecule has 0 aliphatic heterocycles. The molecular formula is C32H40. The summed E-state index contributed by atoms with van der Waals surface area (Å²) in [6.45, 7) is 8.67. The number of hydrogen-bond donors (Lipinski definition) is 0. The van der Waals surface area contributed by atoms with Gasteiger partial charge < -0.3 is 0 Å². The second kappa shape index (κ2) is 11.1. The molecule has 0 N–H and O–H groups in total. The van der Waals surface area contributed by atoms with Gasteiger partial charge in [0.05, 0.1) is 0 Å². The summed E-state index contributed by atoms with van der Waals surface area (Å²) in [6, 6.07) is 24.4. The molecule has 168 valence electrons. The number of hydrogen-bond acceptors (Lipinski definition) is 0. The largest absolute Gasteiger partial charge is 0.0776 e. The summed E-state index contributed by atoms with van der Waals surface area (Å²) in [7, 11) is 0. The van der Waals surface area contributed by atoms with Gasteiger partial charge in [-0.15, -0.1) is 0 Å². The average molecular weight is 425 g/mol. The lowest BCUT2D eigenvalue weighted by Gasteiger charge is -2.12. The molecule has 0 saturated heterocycles. The Kier molecular flexibility index (Phi) is 8.84. The quantitative estimate of drug-likeness (QED) is 0.384. The van der Waals surface area contributed by atoms with Gasteiger partial charge in [-0.05, 0) is 86.8 Å². The highest BCUT2D eigenvalue weighted by Gasteiger charge is 2.22. The molecule has 0 atom stereocenters. The van der Waals surface area contributed by atoms with E-state index in [0.717, 1.165) is 12.8 Å². The minimum Gasteiger partial charge on any atom is -0.0776 e. The van der Waals surface area contributed by atoms with Gasteiger partial charge in [-0.1, -0.05) is 110 Å². The molecule has 3 aromatic carbocycles. The topological polar surface area (TPSA) is 0 Å². The summed E-state index contributed by atoms with van der Waals surface area (Å²) in [5, 5.41) is 0. The Labute approximate surface area is 196 Å². The van der Waals surface area contributed by atoms with Gasteiger partial charge in [-0.2, -0.15) is 0 Å². The summed E-state index contributed by atoms with van der Waals surface area (Å²) in [6.07, 6.45) is 7.07. The van der Waals surface area contributed by atoms with Crippen molar-refractivity contribution in [3.05, 3.63) is 123 Å². The molecule has 2 aliphatic rings. The van der Waals surface area contributed by atoms with E-state index in [1.165, 1.54) is 51.8 Å². The van der Waals surface area contributed by atoms with Crippen molar-refractivity contribution in [1.82, 2.24) is 0 Å². The standard InChI is InChI=1S/2C15H16.2CH4/c1-10-3-5-14-12(7-10)9-13-8-11(2)4-6-15(13)14;1-12-3-7-14(8-4-12)11-15-9-5-13(2)6-10-15;;/h3,5,7-8H,4,6,9H2,1-2H3;3-10H,11H2,1-2H3;2*1H4. The SMILES string of the molecule is C.C.CC1=CC2=C(CC1)c1ccc(C)cc1C2.Cc1ccc(Cc2ccc(C)cc2)cc1. The van der Waals surface area contributed by atoms with Crippen LogP contribution in [-0.2, 0) is 12.8 Å². The van der Waals surface area contributed by atoms with Gasteiger partial charge in [0.2, 0.25) is 0 Å². The number of fused-ring (bicyclic) bond motifs is 2. The highest BCUT2D eigenvalue weighted by molar-refractivity contribution is 5.80. The third-order valence-electron chi connectivity index (χ3n) is 6.19. The van der Waals surface area contributed by atoms with Crippen LogP contribution < -0.4 is 0 Å². The molecule has 3 aromatic rings. The smallest absolute Gasteiger partial charge is 0.00167 e. The highest BCUT2D eigenvalue weighted by Crippen LogP contribution is 2.40. The van der Waals surface area contributed by atoms with Gasteiger partial charge in [0.25, 0.3) is 0 Å². The fourth-order valence-electron chi connectivity index (χ4n) is 4.42. The van der Waals surface area contributed by atoms with Gasteiger partial charge in [-0.25, -0.2) is 0 Å². The molecule has 0 heterocycles. The van der Waals surface area contributed by atoms with E-state index >= 15 is 0 Å². The Bertz CT molecular complexity index is 1050. The predicted octanol–water partition coefficient (Wildman–Crippen LogP) is 9.21. The van der Waals surface area contributed by atoms with Gasteiger partial charge in [0.1, 0.15) is 0 Å². The Morgan fingerprint density at radius 1 is 0.625 bits per heavy atom. The molecule has 5 rings (SSSR count). The van der Waals surface area contributed by atoms with Gasteiger partial charge in [0, 0.05) is 0 Å². The fraction of sp³-hybridized carbons (Fsp3) is 0.312. The van der Waals surface area contributed by atoms with E-state index in [9.17, 15) is 0 Å².